The fourth-order valence-corrected chi connectivity index (χ4v) is 2.16. The van der Waals surface area contributed by atoms with Crippen molar-refractivity contribution in [2.75, 3.05) is 5.32 Å². The fraction of sp³-hybridized carbons (Fsp3) is 0. The van der Waals surface area contributed by atoms with Crippen molar-refractivity contribution in [3.05, 3.63) is 36.9 Å². The maximum Gasteiger partial charge on any atom is -0.147 e. The number of benzene rings is 1. The smallest absolute Gasteiger partial charge is 0.147 e. The molecule has 1 N–H and O–H groups in total. The summed E-state index contributed by atoms with van der Waals surface area (Å²) in [6.07, 6.45) is 1.28. The molecule has 0 saturated carbocycles. The molecule has 1 rings (SSSR count). The van der Waals surface area contributed by atoms with Crippen LogP contribution in [-0.4, -0.2) is 5.91 Å². The minimum absolute atomic E-state index is 0. The Morgan fingerprint density at radius 2 is 2.08 bits per heavy atom. The van der Waals surface area contributed by atoms with Crippen molar-refractivity contribution in [3.8, 4) is 0 Å². The number of anilines is 1. The quantitative estimate of drug-likeness (QED) is 0.608. The molecule has 0 heterocycles. The molecule has 0 aliphatic heterocycles. The monoisotopic (exact) mass is 384 g/mol. The standard InChI is InChI=1S/C9H8NO.ClH.Hg/c1-2-9(11)10-8-6-4-3-5-7-8;;/h2-6H,1H2,(H,10,11);1H;. The summed E-state index contributed by atoms with van der Waals surface area (Å²) in [4.78, 5) is 10.9. The third-order valence-corrected chi connectivity index (χ3v) is 3.86. The molecule has 13 heavy (non-hydrogen) atoms. The minimum Gasteiger partial charge on any atom is -0.147 e. The van der Waals surface area contributed by atoms with E-state index < -0.39 is 0 Å². The second kappa shape index (κ2) is 6.16. The van der Waals surface area contributed by atoms with Crippen LogP contribution in [0.4, 0.5) is 5.69 Å². The third kappa shape index (κ3) is 3.92. The summed E-state index contributed by atoms with van der Waals surface area (Å²) in [5.74, 6) is -0.145. The molecular formula is C9H9ClHgNO. The molecule has 0 fully saturated rings. The Bertz CT molecular complexity index is 314. The van der Waals surface area contributed by atoms with Gasteiger partial charge in [-0.3, -0.25) is 0 Å². The fourth-order valence-electron chi connectivity index (χ4n) is 0.826. The molecular weight excluding hydrogens is 374 g/mol. The first-order valence-electron chi connectivity index (χ1n) is 3.58. The van der Waals surface area contributed by atoms with Crippen LogP contribution in [0.15, 0.2) is 36.9 Å². The number of hydrogen-bond donors (Lipinski definition) is 1. The van der Waals surface area contributed by atoms with Gasteiger partial charge in [-0.1, -0.05) is 0 Å². The number of rotatable bonds is 2. The van der Waals surface area contributed by atoms with Gasteiger partial charge in [-0.2, -0.15) is 0 Å². The second-order valence-corrected chi connectivity index (χ2v) is 5.31. The molecule has 0 unspecified atom stereocenters. The molecule has 2 nitrogen and oxygen atoms in total. The Balaban J connectivity index is 0.00000144. The van der Waals surface area contributed by atoms with E-state index >= 15 is 0 Å². The predicted molar refractivity (Wildman–Crippen MR) is 52.2 cm³/mol. The molecule has 0 spiro atoms. The van der Waals surface area contributed by atoms with Crippen molar-refractivity contribution in [2.24, 2.45) is 0 Å². The predicted octanol–water partition coefficient (Wildman–Crippen LogP) is 1.40. The van der Waals surface area contributed by atoms with Gasteiger partial charge in [0.1, 0.15) is 0 Å². The van der Waals surface area contributed by atoms with Crippen LogP contribution < -0.4 is 8.39 Å². The Morgan fingerprint density at radius 3 is 2.62 bits per heavy atom. The van der Waals surface area contributed by atoms with Crippen LogP contribution in [-0.2, 0) is 30.9 Å². The van der Waals surface area contributed by atoms with Crippen molar-refractivity contribution < 1.29 is 30.9 Å². The Labute approximate surface area is 99.8 Å². The van der Waals surface area contributed by atoms with E-state index in [0.29, 0.717) is 26.1 Å². The number of para-hydroxylation sites is 1. The Kier molecular flexibility index (Phi) is 6.00. The van der Waals surface area contributed by atoms with Crippen LogP contribution in [0, 0.1) is 0 Å². The normalized spacial score (nSPS) is 8.46. The molecule has 0 aromatic heterocycles. The van der Waals surface area contributed by atoms with E-state index in [0.717, 1.165) is 5.69 Å². The maximum absolute atomic E-state index is 10.9. The van der Waals surface area contributed by atoms with E-state index in [1.807, 2.05) is 24.3 Å². The molecule has 0 aliphatic rings. The van der Waals surface area contributed by atoms with Crippen LogP contribution in [0.25, 0.3) is 0 Å². The van der Waals surface area contributed by atoms with E-state index in [4.69, 9.17) is 0 Å². The zero-order chi connectivity index (χ0) is 8.97. The number of carbonyl (C=O) groups is 1. The zero-order valence-electron chi connectivity index (χ0n) is 7.12. The average molecular weight is 383 g/mol. The average Bonchev–Trinajstić information content (AvgIpc) is 2.09. The van der Waals surface area contributed by atoms with E-state index in [-0.39, 0.29) is 18.3 Å². The van der Waals surface area contributed by atoms with Gasteiger partial charge < -0.3 is 0 Å². The topological polar surface area (TPSA) is 29.1 Å². The Hall–Kier alpha value is -0.345. The number of halogens is 1. The van der Waals surface area contributed by atoms with E-state index in [9.17, 15) is 4.79 Å². The van der Waals surface area contributed by atoms with Gasteiger partial charge in [-0.15, -0.1) is 12.4 Å². The van der Waals surface area contributed by atoms with Gasteiger partial charge in [0.15, 0.2) is 0 Å². The summed E-state index contributed by atoms with van der Waals surface area (Å²) in [6.45, 7) is 3.39. The van der Waals surface area contributed by atoms with Gasteiger partial charge in [0.25, 0.3) is 0 Å². The first-order valence-corrected chi connectivity index (χ1v) is 6.33. The summed E-state index contributed by atoms with van der Waals surface area (Å²) < 4.78 is 1.24. The molecule has 1 aromatic rings. The van der Waals surface area contributed by atoms with Crippen LogP contribution in [0.5, 0.6) is 0 Å². The molecule has 4 heteroatoms. The van der Waals surface area contributed by atoms with E-state index in [1.54, 1.807) is 0 Å². The van der Waals surface area contributed by atoms with Crippen molar-refractivity contribution >= 4 is 27.1 Å². The van der Waals surface area contributed by atoms with Crippen molar-refractivity contribution in [1.82, 2.24) is 0 Å². The molecule has 0 atom stereocenters. The van der Waals surface area contributed by atoms with Crippen molar-refractivity contribution in [2.45, 2.75) is 0 Å². The van der Waals surface area contributed by atoms with Crippen molar-refractivity contribution in [3.63, 3.8) is 0 Å². The van der Waals surface area contributed by atoms with E-state index in [1.165, 1.54) is 9.15 Å². The van der Waals surface area contributed by atoms with Crippen LogP contribution >= 0.6 is 12.4 Å². The molecule has 0 bridgehead atoms. The number of carbonyl (C=O) groups excluding carboxylic acids is 1. The second-order valence-electron chi connectivity index (χ2n) is 2.35. The number of hydrogen-bond acceptors (Lipinski definition) is 1. The maximum atomic E-state index is 10.9. The van der Waals surface area contributed by atoms with Gasteiger partial charge in [-0.25, -0.2) is 0 Å². The first-order chi connectivity index (χ1) is 5.74. The molecule has 0 saturated heterocycles. The molecule has 0 radical (unpaired) electrons. The van der Waals surface area contributed by atoms with Gasteiger partial charge >= 0.3 is 87.8 Å². The van der Waals surface area contributed by atoms with E-state index in [2.05, 4.69) is 11.9 Å². The number of amides is 1. The number of nitrogens with one attached hydrogen (secondary N) is 1. The van der Waals surface area contributed by atoms with Crippen molar-refractivity contribution in [1.29, 1.82) is 0 Å². The van der Waals surface area contributed by atoms with Crippen LogP contribution in [0.3, 0.4) is 0 Å². The summed E-state index contributed by atoms with van der Waals surface area (Å²) >= 11 is 0.531. The summed E-state index contributed by atoms with van der Waals surface area (Å²) in [7, 11) is 0. The van der Waals surface area contributed by atoms with Crippen LogP contribution in [0.1, 0.15) is 0 Å². The SMILES string of the molecule is C=CC(=O)Nc1cccc[c]1[Hg].Cl. The van der Waals surface area contributed by atoms with Gasteiger partial charge in [-0.05, 0) is 0 Å². The van der Waals surface area contributed by atoms with Crippen LogP contribution in [0.2, 0.25) is 0 Å². The zero-order valence-corrected chi connectivity index (χ0v) is 13.4. The summed E-state index contributed by atoms with van der Waals surface area (Å²) in [5.41, 5.74) is 0.922. The molecule has 0 aliphatic carbocycles. The minimum atomic E-state index is -0.145. The molecule has 1 amide bonds. The summed E-state index contributed by atoms with van der Waals surface area (Å²) in [5, 5.41) is 2.75. The molecule has 65 valence electrons. The van der Waals surface area contributed by atoms with Gasteiger partial charge in [0.2, 0.25) is 0 Å². The van der Waals surface area contributed by atoms with Gasteiger partial charge in [0, 0.05) is 0 Å². The third-order valence-electron chi connectivity index (χ3n) is 1.46. The first kappa shape index (κ1) is 12.7. The molecule has 1 aromatic carbocycles. The largest absolute Gasteiger partial charge is 0.147 e. The summed E-state index contributed by atoms with van der Waals surface area (Å²) in [6, 6.07) is 7.83. The van der Waals surface area contributed by atoms with Gasteiger partial charge in [0.05, 0.1) is 0 Å². The Morgan fingerprint density at radius 1 is 1.46 bits per heavy atom.